The number of ether oxygens (including phenoxy) is 1. The number of carbonyl (C=O) groups excluding carboxylic acids is 1. The lowest BCUT2D eigenvalue weighted by Crippen LogP contribution is -2.51. The molecule has 182 valence electrons. The minimum atomic E-state index is -3.90. The molecule has 2 amide bonds. The van der Waals surface area contributed by atoms with Crippen molar-refractivity contribution in [1.82, 2.24) is 14.5 Å². The van der Waals surface area contributed by atoms with Crippen LogP contribution in [0.15, 0.2) is 23.1 Å². The largest absolute Gasteiger partial charge is 0.487 e. The van der Waals surface area contributed by atoms with Crippen molar-refractivity contribution in [3.63, 3.8) is 0 Å². The van der Waals surface area contributed by atoms with Crippen molar-refractivity contribution in [2.24, 2.45) is 11.8 Å². The number of hydrogen-bond acceptors (Lipinski definition) is 5. The van der Waals surface area contributed by atoms with Gasteiger partial charge in [-0.3, -0.25) is 0 Å². The highest BCUT2D eigenvalue weighted by Crippen LogP contribution is 2.34. The van der Waals surface area contributed by atoms with E-state index in [1.54, 1.807) is 31.0 Å². The Balaban J connectivity index is 1.97. The smallest absolute Gasteiger partial charge is 0.317 e. The topological polar surface area (TPSA) is 99.2 Å². The number of urea groups is 1. The Bertz CT molecular complexity index is 1010. The van der Waals surface area contributed by atoms with Crippen molar-refractivity contribution in [1.29, 1.82) is 0 Å². The molecule has 1 aliphatic heterocycles. The van der Waals surface area contributed by atoms with E-state index in [1.165, 1.54) is 10.4 Å². The molecule has 1 aromatic rings. The van der Waals surface area contributed by atoms with E-state index >= 15 is 0 Å². The molecule has 33 heavy (non-hydrogen) atoms. The number of fused-ring (bicyclic) bond motifs is 1. The highest BCUT2D eigenvalue weighted by atomic mass is 32.2. The van der Waals surface area contributed by atoms with Crippen LogP contribution in [0.3, 0.4) is 0 Å². The van der Waals surface area contributed by atoms with Gasteiger partial charge in [0.25, 0.3) is 0 Å². The molecule has 0 unspecified atom stereocenters. The molecule has 3 rings (SSSR count). The van der Waals surface area contributed by atoms with Crippen molar-refractivity contribution in [2.45, 2.75) is 57.1 Å². The number of hydrogen-bond donors (Lipinski definition) is 2. The number of rotatable bonds is 6. The summed E-state index contributed by atoms with van der Waals surface area (Å²) in [5.41, 5.74) is 0.693. The normalized spacial score (nSPS) is 23.1. The Hall–Kier alpha value is -2.28. The zero-order valence-electron chi connectivity index (χ0n) is 19.9. The van der Waals surface area contributed by atoms with Crippen LogP contribution in [0.5, 0.6) is 5.75 Å². The Morgan fingerprint density at radius 1 is 1.39 bits per heavy atom. The van der Waals surface area contributed by atoms with E-state index in [4.69, 9.17) is 4.74 Å². The molecule has 0 aromatic heterocycles. The first kappa shape index (κ1) is 25.3. The minimum Gasteiger partial charge on any atom is -0.487 e. The number of aliphatic hydroxyl groups excluding tert-OH is 1. The number of benzene rings is 1. The molecule has 8 nitrogen and oxygen atoms in total. The highest BCUT2D eigenvalue weighted by Gasteiger charge is 2.38. The summed E-state index contributed by atoms with van der Waals surface area (Å²) in [6, 6.07) is 4.10. The van der Waals surface area contributed by atoms with Crippen LogP contribution < -0.4 is 10.1 Å². The third-order valence-electron chi connectivity index (χ3n) is 5.99. The molecule has 0 bridgehead atoms. The van der Waals surface area contributed by atoms with Crippen LogP contribution in [-0.4, -0.2) is 74.2 Å². The zero-order valence-corrected chi connectivity index (χ0v) is 20.7. The molecule has 9 heteroatoms. The first-order valence-electron chi connectivity index (χ1n) is 11.6. The molecule has 1 saturated carbocycles. The van der Waals surface area contributed by atoms with E-state index in [-0.39, 0.29) is 42.3 Å². The summed E-state index contributed by atoms with van der Waals surface area (Å²) in [6.45, 7) is 6.31. The van der Waals surface area contributed by atoms with Crippen LogP contribution in [0, 0.1) is 23.7 Å². The standard InChI is InChI=1S/C24H35N3O5S/c1-5-12-25-24(29)26(4)15-22-17(2)14-27(18(3)16-28)33(30,31)23-11-10-20(13-21(23)32-22)9-8-19-6-7-19/h10-11,13,17-19,22,28H,5-7,12,14-16H2,1-4H3,(H,25,29)/t17-,18+,22+/m1/s1. The maximum Gasteiger partial charge on any atom is 0.317 e. The fourth-order valence-corrected chi connectivity index (χ4v) is 5.48. The summed E-state index contributed by atoms with van der Waals surface area (Å²) in [5, 5.41) is 12.6. The molecule has 1 aromatic carbocycles. The van der Waals surface area contributed by atoms with Gasteiger partial charge in [-0.2, -0.15) is 4.31 Å². The van der Waals surface area contributed by atoms with Gasteiger partial charge < -0.3 is 20.1 Å². The van der Waals surface area contributed by atoms with Gasteiger partial charge in [-0.25, -0.2) is 13.2 Å². The lowest BCUT2D eigenvalue weighted by atomic mass is 10.0. The molecule has 0 radical (unpaired) electrons. The van der Waals surface area contributed by atoms with Crippen LogP contribution in [-0.2, 0) is 10.0 Å². The van der Waals surface area contributed by atoms with Gasteiger partial charge in [0.1, 0.15) is 16.7 Å². The number of likely N-dealkylation sites (N-methyl/N-ethyl adjacent to an activating group) is 1. The summed E-state index contributed by atoms with van der Waals surface area (Å²) in [5.74, 6) is 6.73. The lowest BCUT2D eigenvalue weighted by Gasteiger charge is -2.37. The molecule has 2 N–H and O–H groups in total. The quantitative estimate of drug-likeness (QED) is 0.613. The number of sulfonamides is 1. The molecule has 1 aliphatic carbocycles. The number of aliphatic hydroxyl groups is 1. The first-order valence-corrected chi connectivity index (χ1v) is 13.0. The number of carbonyl (C=O) groups is 1. The van der Waals surface area contributed by atoms with E-state index in [9.17, 15) is 18.3 Å². The second-order valence-corrected chi connectivity index (χ2v) is 10.9. The van der Waals surface area contributed by atoms with Crippen molar-refractivity contribution >= 4 is 16.1 Å². The van der Waals surface area contributed by atoms with E-state index in [2.05, 4.69) is 17.2 Å². The van der Waals surface area contributed by atoms with E-state index in [1.807, 2.05) is 13.8 Å². The van der Waals surface area contributed by atoms with Crippen molar-refractivity contribution in [3.8, 4) is 17.6 Å². The Labute approximate surface area is 197 Å². The Morgan fingerprint density at radius 2 is 2.12 bits per heavy atom. The van der Waals surface area contributed by atoms with Gasteiger partial charge in [0.2, 0.25) is 10.0 Å². The molecule has 1 heterocycles. The van der Waals surface area contributed by atoms with Crippen LogP contribution >= 0.6 is 0 Å². The maximum atomic E-state index is 13.5. The van der Waals surface area contributed by atoms with Gasteiger partial charge in [-0.15, -0.1) is 0 Å². The molecule has 2 aliphatic rings. The van der Waals surface area contributed by atoms with Crippen molar-refractivity contribution < 1.29 is 23.1 Å². The first-order chi connectivity index (χ1) is 15.7. The highest BCUT2D eigenvalue weighted by molar-refractivity contribution is 7.89. The summed E-state index contributed by atoms with van der Waals surface area (Å²) < 4.78 is 34.6. The van der Waals surface area contributed by atoms with E-state index < -0.39 is 22.2 Å². The Morgan fingerprint density at radius 3 is 2.76 bits per heavy atom. The monoisotopic (exact) mass is 477 g/mol. The number of nitrogens with zero attached hydrogens (tertiary/aromatic N) is 2. The summed E-state index contributed by atoms with van der Waals surface area (Å²) in [4.78, 5) is 14.0. The zero-order chi connectivity index (χ0) is 24.2. The van der Waals surface area contributed by atoms with Gasteiger partial charge in [0, 0.05) is 43.6 Å². The molecule has 1 fully saturated rings. The predicted octanol–water partition coefficient (Wildman–Crippen LogP) is 2.27. The lowest BCUT2D eigenvalue weighted by molar-refractivity contribution is 0.0812. The maximum absolute atomic E-state index is 13.5. The van der Waals surface area contributed by atoms with Crippen molar-refractivity contribution in [2.75, 3.05) is 33.3 Å². The molecule has 0 saturated heterocycles. The van der Waals surface area contributed by atoms with Gasteiger partial charge in [-0.05, 0) is 44.4 Å². The van der Waals surface area contributed by atoms with Crippen LogP contribution in [0.25, 0.3) is 0 Å². The van der Waals surface area contributed by atoms with Gasteiger partial charge >= 0.3 is 6.03 Å². The molecular weight excluding hydrogens is 442 g/mol. The van der Waals surface area contributed by atoms with Gasteiger partial charge in [0.15, 0.2) is 0 Å². The van der Waals surface area contributed by atoms with Gasteiger partial charge in [-0.1, -0.05) is 25.7 Å². The third kappa shape index (κ3) is 6.19. The number of nitrogens with one attached hydrogen (secondary N) is 1. The molecular formula is C24H35N3O5S. The average Bonchev–Trinajstić information content (AvgIpc) is 3.62. The minimum absolute atomic E-state index is 0.0507. The van der Waals surface area contributed by atoms with Crippen molar-refractivity contribution in [3.05, 3.63) is 23.8 Å². The third-order valence-corrected chi connectivity index (χ3v) is 8.01. The van der Waals surface area contributed by atoms with Gasteiger partial charge in [0.05, 0.1) is 13.2 Å². The van der Waals surface area contributed by atoms with Crippen LogP contribution in [0.2, 0.25) is 0 Å². The van der Waals surface area contributed by atoms with Crippen LogP contribution in [0.4, 0.5) is 4.79 Å². The fraction of sp³-hybridized carbons (Fsp3) is 0.625. The van der Waals surface area contributed by atoms with Crippen LogP contribution in [0.1, 0.15) is 45.6 Å². The summed E-state index contributed by atoms with van der Waals surface area (Å²) in [7, 11) is -2.20. The molecule has 3 atom stereocenters. The second-order valence-electron chi connectivity index (χ2n) is 9.06. The summed E-state index contributed by atoms with van der Waals surface area (Å²) in [6.07, 6.45) is 2.59. The van der Waals surface area contributed by atoms with E-state index in [0.29, 0.717) is 18.0 Å². The van der Waals surface area contributed by atoms with E-state index in [0.717, 1.165) is 19.3 Å². The average molecular weight is 478 g/mol. The molecule has 0 spiro atoms. The second kappa shape index (κ2) is 10.8. The summed E-state index contributed by atoms with van der Waals surface area (Å²) >= 11 is 0. The fourth-order valence-electron chi connectivity index (χ4n) is 3.65. The Kier molecular flexibility index (Phi) is 8.27. The predicted molar refractivity (Wildman–Crippen MR) is 126 cm³/mol. The number of amides is 2. The SMILES string of the molecule is CCCNC(=O)N(C)C[C@@H]1Oc2cc(C#CC3CC3)ccc2S(=O)(=O)N([C@@H](C)CO)C[C@H]1C.